The molecule has 5 nitrogen and oxygen atoms in total. The zero-order chi connectivity index (χ0) is 19.1. The van der Waals surface area contributed by atoms with Crippen LogP contribution in [0.15, 0.2) is 27.5 Å². The van der Waals surface area contributed by atoms with Crippen molar-refractivity contribution >= 4 is 49.1 Å². The van der Waals surface area contributed by atoms with E-state index < -0.39 is 0 Å². The molecule has 4 rings (SSSR count). The Kier molecular flexibility index (Phi) is 4.90. The second kappa shape index (κ2) is 7.20. The van der Waals surface area contributed by atoms with Gasteiger partial charge in [-0.2, -0.15) is 0 Å². The first kappa shape index (κ1) is 18.4. The van der Waals surface area contributed by atoms with Gasteiger partial charge in [0.05, 0.1) is 10.3 Å². The number of carbonyl (C=O) groups is 1. The molecular weight excluding hydrogens is 426 g/mol. The molecule has 1 aromatic carbocycles. The summed E-state index contributed by atoms with van der Waals surface area (Å²) in [5.74, 6) is 0.650. The van der Waals surface area contributed by atoms with Crippen LogP contribution in [0.25, 0.3) is 10.2 Å². The van der Waals surface area contributed by atoms with Crippen LogP contribution >= 0.6 is 27.3 Å². The summed E-state index contributed by atoms with van der Waals surface area (Å²) < 4.78 is 2.70. The van der Waals surface area contributed by atoms with Crippen molar-refractivity contribution in [2.45, 2.75) is 46.1 Å². The topological polar surface area (TPSA) is 64.0 Å². The van der Waals surface area contributed by atoms with Gasteiger partial charge in [0.1, 0.15) is 10.7 Å². The van der Waals surface area contributed by atoms with E-state index in [0.29, 0.717) is 21.6 Å². The number of hydrogen-bond acceptors (Lipinski definition) is 4. The first-order valence-corrected chi connectivity index (χ1v) is 10.7. The Morgan fingerprint density at radius 3 is 2.89 bits per heavy atom. The Morgan fingerprint density at radius 2 is 2.07 bits per heavy atom. The van der Waals surface area contributed by atoms with Gasteiger partial charge in [-0.1, -0.05) is 28.4 Å². The molecule has 0 spiro atoms. The molecule has 1 aliphatic heterocycles. The molecule has 0 saturated carbocycles. The number of nitrogens with zero attached hydrogens (tertiary/aromatic N) is 2. The molecule has 1 aliphatic rings. The van der Waals surface area contributed by atoms with Crippen molar-refractivity contribution in [1.82, 2.24) is 9.55 Å². The Balaban J connectivity index is 1.77. The van der Waals surface area contributed by atoms with E-state index in [1.807, 2.05) is 32.0 Å². The van der Waals surface area contributed by atoms with E-state index in [9.17, 15) is 9.59 Å². The van der Waals surface area contributed by atoms with Crippen molar-refractivity contribution in [3.63, 3.8) is 0 Å². The Bertz CT molecular complexity index is 1120. The highest BCUT2D eigenvalue weighted by molar-refractivity contribution is 9.10. The van der Waals surface area contributed by atoms with Gasteiger partial charge >= 0.3 is 0 Å². The molecule has 2 aromatic heterocycles. The summed E-state index contributed by atoms with van der Waals surface area (Å²) in [6.07, 6.45) is 3.99. The van der Waals surface area contributed by atoms with E-state index in [-0.39, 0.29) is 11.5 Å². The summed E-state index contributed by atoms with van der Waals surface area (Å²) in [5, 5.41) is 3.56. The molecule has 3 heterocycles. The van der Waals surface area contributed by atoms with Crippen molar-refractivity contribution in [2.75, 3.05) is 5.32 Å². The van der Waals surface area contributed by atoms with Crippen molar-refractivity contribution < 1.29 is 4.79 Å². The maximum atomic E-state index is 13.0. The number of amides is 1. The maximum Gasteiger partial charge on any atom is 0.266 e. The van der Waals surface area contributed by atoms with Gasteiger partial charge in [0, 0.05) is 23.1 Å². The van der Waals surface area contributed by atoms with Gasteiger partial charge in [-0.3, -0.25) is 14.2 Å². The Morgan fingerprint density at radius 1 is 1.26 bits per heavy atom. The average Bonchev–Trinajstić information content (AvgIpc) is 2.80. The van der Waals surface area contributed by atoms with E-state index in [1.165, 1.54) is 11.3 Å². The van der Waals surface area contributed by atoms with Gasteiger partial charge < -0.3 is 5.32 Å². The molecular formula is C20H20BrN3O2S. The number of anilines is 1. The van der Waals surface area contributed by atoms with Crippen molar-refractivity contribution in [2.24, 2.45) is 0 Å². The fourth-order valence-corrected chi connectivity index (χ4v) is 4.98. The third-order valence-electron chi connectivity index (χ3n) is 5.07. The molecule has 0 fully saturated rings. The zero-order valence-corrected chi connectivity index (χ0v) is 17.7. The van der Waals surface area contributed by atoms with Crippen LogP contribution in [0.5, 0.6) is 0 Å². The smallest absolute Gasteiger partial charge is 0.266 e. The lowest BCUT2D eigenvalue weighted by Gasteiger charge is -2.08. The lowest BCUT2D eigenvalue weighted by Crippen LogP contribution is -2.24. The van der Waals surface area contributed by atoms with E-state index in [2.05, 4.69) is 21.2 Å². The van der Waals surface area contributed by atoms with Gasteiger partial charge in [0.15, 0.2) is 0 Å². The van der Waals surface area contributed by atoms with Crippen molar-refractivity contribution in [1.29, 1.82) is 0 Å². The lowest BCUT2D eigenvalue weighted by molar-refractivity contribution is 0.103. The number of aromatic nitrogens is 2. The maximum absolute atomic E-state index is 13.0. The zero-order valence-electron chi connectivity index (χ0n) is 15.3. The molecule has 0 radical (unpaired) electrons. The third kappa shape index (κ3) is 3.34. The first-order valence-electron chi connectivity index (χ1n) is 9.06. The van der Waals surface area contributed by atoms with Crippen LogP contribution in [0.3, 0.4) is 0 Å². The number of thiophene rings is 1. The molecule has 140 valence electrons. The summed E-state index contributed by atoms with van der Waals surface area (Å²) >= 11 is 4.74. The van der Waals surface area contributed by atoms with Crippen LogP contribution in [0.1, 0.15) is 45.9 Å². The van der Waals surface area contributed by atoms with Crippen molar-refractivity contribution in [3.8, 4) is 0 Å². The molecule has 7 heteroatoms. The van der Waals surface area contributed by atoms with E-state index in [0.717, 1.165) is 52.8 Å². The minimum absolute atomic E-state index is 0.0108. The largest absolute Gasteiger partial charge is 0.321 e. The van der Waals surface area contributed by atoms with Crippen LogP contribution in [0.2, 0.25) is 0 Å². The molecule has 1 amide bonds. The quantitative estimate of drug-likeness (QED) is 0.614. The number of fused-ring (bicyclic) bond motifs is 2. The highest BCUT2D eigenvalue weighted by atomic mass is 79.9. The lowest BCUT2D eigenvalue weighted by atomic mass is 10.1. The predicted molar refractivity (Wildman–Crippen MR) is 113 cm³/mol. The molecule has 0 unspecified atom stereocenters. The van der Waals surface area contributed by atoms with E-state index in [4.69, 9.17) is 4.98 Å². The van der Waals surface area contributed by atoms with Crippen LogP contribution in [0.4, 0.5) is 5.69 Å². The summed E-state index contributed by atoms with van der Waals surface area (Å²) in [6.45, 7) is 4.50. The molecule has 0 saturated heterocycles. The fourth-order valence-electron chi connectivity index (χ4n) is 3.53. The molecule has 0 aliphatic carbocycles. The van der Waals surface area contributed by atoms with Crippen molar-refractivity contribution in [3.05, 3.63) is 54.9 Å². The van der Waals surface area contributed by atoms with Gasteiger partial charge in [0.25, 0.3) is 11.5 Å². The van der Waals surface area contributed by atoms with Gasteiger partial charge in [0.2, 0.25) is 0 Å². The Labute approximate surface area is 169 Å². The van der Waals surface area contributed by atoms with Crippen LogP contribution in [-0.2, 0) is 13.0 Å². The van der Waals surface area contributed by atoms with Crippen LogP contribution in [-0.4, -0.2) is 15.5 Å². The highest BCUT2D eigenvalue weighted by Gasteiger charge is 2.22. The Hall–Kier alpha value is -1.99. The second-order valence-electron chi connectivity index (χ2n) is 6.95. The number of rotatable bonds is 2. The SMILES string of the molecule is Cc1ccc(Br)cc1NC(=O)c1sc2nc3n(c(=O)c2c1C)CCCCC3. The van der Waals surface area contributed by atoms with E-state index in [1.54, 1.807) is 4.57 Å². The summed E-state index contributed by atoms with van der Waals surface area (Å²) in [4.78, 5) is 31.9. The minimum Gasteiger partial charge on any atom is -0.321 e. The number of hydrogen-bond donors (Lipinski definition) is 1. The normalized spacial score (nSPS) is 14.0. The highest BCUT2D eigenvalue weighted by Crippen LogP contribution is 2.30. The summed E-state index contributed by atoms with van der Waals surface area (Å²) in [7, 11) is 0. The molecule has 27 heavy (non-hydrogen) atoms. The monoisotopic (exact) mass is 445 g/mol. The average molecular weight is 446 g/mol. The van der Waals surface area contributed by atoms with E-state index >= 15 is 0 Å². The van der Waals surface area contributed by atoms with Gasteiger partial charge in [-0.25, -0.2) is 4.98 Å². The molecule has 0 atom stereocenters. The minimum atomic E-state index is -0.198. The van der Waals surface area contributed by atoms with Gasteiger partial charge in [-0.05, 0) is 49.9 Å². The van der Waals surface area contributed by atoms with Crippen LogP contribution in [0, 0.1) is 13.8 Å². The summed E-state index contributed by atoms with van der Waals surface area (Å²) in [6, 6.07) is 5.77. The standard InChI is InChI=1S/C20H20BrN3O2S/c1-11-7-8-13(21)10-14(11)22-18(25)17-12(2)16-19(27-17)23-15-6-4-3-5-9-24(15)20(16)26/h7-8,10H,3-6,9H2,1-2H3,(H,22,25). The fraction of sp³-hybridized carbons (Fsp3) is 0.350. The molecule has 1 N–H and O–H groups in total. The first-order chi connectivity index (χ1) is 13.0. The number of nitrogens with one attached hydrogen (secondary N) is 1. The molecule has 3 aromatic rings. The summed E-state index contributed by atoms with van der Waals surface area (Å²) in [5.41, 5.74) is 2.45. The molecule has 0 bridgehead atoms. The number of aryl methyl sites for hydroxylation is 3. The number of halogens is 1. The number of benzene rings is 1. The third-order valence-corrected chi connectivity index (χ3v) is 6.74. The predicted octanol–water partition coefficient (Wildman–Crippen LogP) is 4.82. The second-order valence-corrected chi connectivity index (χ2v) is 8.86. The van der Waals surface area contributed by atoms with Gasteiger partial charge in [-0.15, -0.1) is 11.3 Å². The van der Waals surface area contributed by atoms with Crippen LogP contribution < -0.4 is 10.9 Å². The number of carbonyl (C=O) groups excluding carboxylic acids is 1.